The molecule has 9 nitrogen and oxygen atoms in total. The van der Waals surface area contributed by atoms with Crippen LogP contribution in [-0.2, 0) is 14.4 Å². The van der Waals surface area contributed by atoms with Crippen molar-refractivity contribution >= 4 is 57.1 Å². The van der Waals surface area contributed by atoms with Gasteiger partial charge in [0.2, 0.25) is 0 Å². The maximum absolute atomic E-state index is 13.3. The number of imide groups is 2. The topological polar surface area (TPSA) is 114 Å². The van der Waals surface area contributed by atoms with E-state index < -0.39 is 23.7 Å². The largest absolute Gasteiger partial charge is 0.493 e. The van der Waals surface area contributed by atoms with Crippen LogP contribution in [0.25, 0.3) is 6.08 Å². The molecule has 0 aliphatic carbocycles. The Morgan fingerprint density at radius 3 is 2.51 bits per heavy atom. The van der Waals surface area contributed by atoms with E-state index in [9.17, 15) is 23.6 Å². The Balaban J connectivity index is 1.55. The maximum atomic E-state index is 13.3. The summed E-state index contributed by atoms with van der Waals surface area (Å²) in [5.41, 5.74) is 2.81. The number of aryl methyl sites for hydroxylation is 1. The SMILES string of the molecule is COc1cc(/C=C2\C(=O)NC(=O)N(c3ccc(F)cc3)C2=O)cc(Br)c1OCC(=O)Nc1cccc(C)c1C. The van der Waals surface area contributed by atoms with E-state index in [-0.39, 0.29) is 35.3 Å². The van der Waals surface area contributed by atoms with Crippen LogP contribution in [0.1, 0.15) is 16.7 Å². The molecule has 0 unspecified atom stereocenters. The molecule has 1 heterocycles. The lowest BCUT2D eigenvalue weighted by atomic mass is 10.1. The van der Waals surface area contributed by atoms with Gasteiger partial charge in [0.1, 0.15) is 11.4 Å². The van der Waals surface area contributed by atoms with Crippen molar-refractivity contribution in [3.63, 3.8) is 0 Å². The van der Waals surface area contributed by atoms with Gasteiger partial charge in [-0.1, -0.05) is 12.1 Å². The lowest BCUT2D eigenvalue weighted by Gasteiger charge is -2.26. The second kappa shape index (κ2) is 11.5. The Labute approximate surface area is 231 Å². The third-order valence-corrected chi connectivity index (χ3v) is 6.56. The molecular formula is C28H23BrFN3O6. The van der Waals surface area contributed by atoms with Crippen LogP contribution in [0.15, 0.2) is 64.6 Å². The fourth-order valence-electron chi connectivity index (χ4n) is 3.82. The molecule has 0 spiro atoms. The molecule has 5 amide bonds. The number of barbiturate groups is 1. The molecule has 1 aliphatic rings. The van der Waals surface area contributed by atoms with Gasteiger partial charge in [0, 0.05) is 5.69 Å². The van der Waals surface area contributed by atoms with Crippen molar-refractivity contribution in [2.45, 2.75) is 13.8 Å². The van der Waals surface area contributed by atoms with E-state index in [0.717, 1.165) is 28.2 Å². The number of urea groups is 1. The Bertz CT molecular complexity index is 1520. The van der Waals surface area contributed by atoms with Crippen molar-refractivity contribution in [3.8, 4) is 11.5 Å². The third-order valence-electron chi connectivity index (χ3n) is 5.98. The molecule has 39 heavy (non-hydrogen) atoms. The molecule has 1 fully saturated rings. The molecule has 0 saturated carbocycles. The quantitative estimate of drug-likeness (QED) is 0.297. The molecular weight excluding hydrogens is 573 g/mol. The number of nitrogens with one attached hydrogen (secondary N) is 2. The molecule has 4 rings (SSSR count). The van der Waals surface area contributed by atoms with Crippen LogP contribution in [0.3, 0.4) is 0 Å². The van der Waals surface area contributed by atoms with Gasteiger partial charge >= 0.3 is 6.03 Å². The highest BCUT2D eigenvalue weighted by molar-refractivity contribution is 9.10. The van der Waals surface area contributed by atoms with Crippen molar-refractivity contribution in [2.24, 2.45) is 0 Å². The van der Waals surface area contributed by atoms with E-state index in [1.807, 2.05) is 26.0 Å². The van der Waals surface area contributed by atoms with Gasteiger partial charge in [-0.05, 0) is 95.0 Å². The van der Waals surface area contributed by atoms with Crippen LogP contribution in [0.5, 0.6) is 11.5 Å². The highest BCUT2D eigenvalue weighted by Gasteiger charge is 2.37. The first-order chi connectivity index (χ1) is 18.6. The van der Waals surface area contributed by atoms with Crippen LogP contribution in [0.4, 0.5) is 20.6 Å². The summed E-state index contributed by atoms with van der Waals surface area (Å²) in [5.74, 6) is -2.23. The summed E-state index contributed by atoms with van der Waals surface area (Å²) >= 11 is 3.39. The van der Waals surface area contributed by atoms with Crippen molar-refractivity contribution in [3.05, 3.63) is 87.2 Å². The van der Waals surface area contributed by atoms with Crippen LogP contribution < -0.4 is 25.0 Å². The van der Waals surface area contributed by atoms with Gasteiger partial charge in [0.15, 0.2) is 18.1 Å². The molecule has 0 atom stereocenters. The molecule has 0 aromatic heterocycles. The lowest BCUT2D eigenvalue weighted by Crippen LogP contribution is -2.54. The molecule has 3 aromatic rings. The first kappa shape index (κ1) is 27.5. The standard InChI is InChI=1S/C28H23BrFN3O6/c1-15-5-4-6-22(16(15)2)31-24(34)14-39-25-21(29)12-17(13-23(25)38-3)11-20-26(35)32-28(37)33(27(20)36)19-9-7-18(30)8-10-19/h4-13H,14H2,1-3H3,(H,31,34)(H,32,35,37)/b20-11+. The smallest absolute Gasteiger partial charge is 0.335 e. The number of benzene rings is 3. The molecule has 1 saturated heterocycles. The summed E-state index contributed by atoms with van der Waals surface area (Å²) in [4.78, 5) is 51.2. The number of hydrogen-bond acceptors (Lipinski definition) is 6. The van der Waals surface area contributed by atoms with E-state index in [1.165, 1.54) is 31.4 Å². The van der Waals surface area contributed by atoms with Gasteiger partial charge in [-0.15, -0.1) is 0 Å². The normalized spacial score (nSPS) is 14.3. The monoisotopic (exact) mass is 595 g/mol. The second-order valence-corrected chi connectivity index (χ2v) is 9.41. The Kier molecular flexibility index (Phi) is 8.10. The van der Waals surface area contributed by atoms with Gasteiger partial charge in [-0.2, -0.15) is 0 Å². The van der Waals surface area contributed by atoms with Crippen LogP contribution in [0, 0.1) is 19.7 Å². The van der Waals surface area contributed by atoms with Gasteiger partial charge in [-0.3, -0.25) is 19.7 Å². The van der Waals surface area contributed by atoms with E-state index in [1.54, 1.807) is 12.1 Å². The zero-order valence-corrected chi connectivity index (χ0v) is 22.7. The Morgan fingerprint density at radius 2 is 1.82 bits per heavy atom. The average Bonchev–Trinajstić information content (AvgIpc) is 2.89. The number of nitrogens with zero attached hydrogens (tertiary/aromatic N) is 1. The summed E-state index contributed by atoms with van der Waals surface area (Å²) in [6.45, 7) is 3.55. The molecule has 11 heteroatoms. The number of amides is 5. The number of methoxy groups -OCH3 is 1. The van der Waals surface area contributed by atoms with Crippen molar-refractivity contribution in [1.82, 2.24) is 5.32 Å². The van der Waals surface area contributed by atoms with Crippen LogP contribution >= 0.6 is 15.9 Å². The number of halogens is 2. The first-order valence-corrected chi connectivity index (χ1v) is 12.4. The van der Waals surface area contributed by atoms with Crippen molar-refractivity contribution < 1.29 is 33.0 Å². The predicted molar refractivity (Wildman–Crippen MR) is 146 cm³/mol. The summed E-state index contributed by atoms with van der Waals surface area (Å²) in [6.07, 6.45) is 1.28. The summed E-state index contributed by atoms with van der Waals surface area (Å²) in [7, 11) is 1.40. The second-order valence-electron chi connectivity index (χ2n) is 8.55. The average molecular weight is 596 g/mol. The van der Waals surface area contributed by atoms with Crippen LogP contribution in [0.2, 0.25) is 0 Å². The highest BCUT2D eigenvalue weighted by Crippen LogP contribution is 2.37. The minimum atomic E-state index is -0.949. The van der Waals surface area contributed by atoms with Gasteiger partial charge in [0.25, 0.3) is 17.7 Å². The molecule has 2 N–H and O–H groups in total. The summed E-state index contributed by atoms with van der Waals surface area (Å²) in [5, 5.41) is 4.92. The minimum absolute atomic E-state index is 0.0962. The Hall–Kier alpha value is -4.51. The van der Waals surface area contributed by atoms with Crippen molar-refractivity contribution in [2.75, 3.05) is 23.9 Å². The summed E-state index contributed by atoms with van der Waals surface area (Å²) < 4.78 is 24.8. The number of carbonyl (C=O) groups excluding carboxylic acids is 4. The van der Waals surface area contributed by atoms with E-state index in [4.69, 9.17) is 9.47 Å². The Morgan fingerprint density at radius 1 is 1.10 bits per heavy atom. The van der Waals surface area contributed by atoms with E-state index >= 15 is 0 Å². The molecule has 0 radical (unpaired) electrons. The maximum Gasteiger partial charge on any atom is 0.335 e. The zero-order valence-electron chi connectivity index (χ0n) is 21.1. The molecule has 200 valence electrons. The highest BCUT2D eigenvalue weighted by atomic mass is 79.9. The number of rotatable bonds is 7. The number of ether oxygens (including phenoxy) is 2. The number of hydrogen-bond donors (Lipinski definition) is 2. The third kappa shape index (κ3) is 5.99. The minimum Gasteiger partial charge on any atom is -0.493 e. The van der Waals surface area contributed by atoms with Gasteiger partial charge < -0.3 is 14.8 Å². The lowest BCUT2D eigenvalue weighted by molar-refractivity contribution is -0.122. The van der Waals surface area contributed by atoms with Gasteiger partial charge in [-0.25, -0.2) is 14.1 Å². The number of carbonyl (C=O) groups is 4. The van der Waals surface area contributed by atoms with Gasteiger partial charge in [0.05, 0.1) is 17.3 Å². The molecule has 3 aromatic carbocycles. The predicted octanol–water partition coefficient (Wildman–Crippen LogP) is 4.90. The fourth-order valence-corrected chi connectivity index (χ4v) is 4.40. The fraction of sp³-hybridized carbons (Fsp3) is 0.143. The molecule has 0 bridgehead atoms. The summed E-state index contributed by atoms with van der Waals surface area (Å²) in [6, 6.07) is 12.4. The number of anilines is 2. The van der Waals surface area contributed by atoms with Crippen molar-refractivity contribution in [1.29, 1.82) is 0 Å². The van der Waals surface area contributed by atoms with Crippen LogP contribution in [-0.4, -0.2) is 37.5 Å². The van der Waals surface area contributed by atoms with E-state index in [2.05, 4.69) is 26.6 Å². The molecule has 1 aliphatic heterocycles. The first-order valence-electron chi connectivity index (χ1n) is 11.6. The zero-order chi connectivity index (χ0) is 28.3. The van der Waals surface area contributed by atoms with E-state index in [0.29, 0.717) is 15.7 Å².